The van der Waals surface area contributed by atoms with Crippen molar-refractivity contribution in [1.82, 2.24) is 10.6 Å². The third-order valence-electron chi connectivity index (χ3n) is 3.39. The van der Waals surface area contributed by atoms with Gasteiger partial charge >= 0.3 is 0 Å². The van der Waals surface area contributed by atoms with Gasteiger partial charge in [0.25, 0.3) is 5.91 Å². The number of carbonyl (C=O) groups is 1. The van der Waals surface area contributed by atoms with E-state index >= 15 is 0 Å². The van der Waals surface area contributed by atoms with Gasteiger partial charge in [0, 0.05) is 17.2 Å². The monoisotopic (exact) mass is 321 g/mol. The highest BCUT2D eigenvalue weighted by atomic mass is 16.5. The van der Waals surface area contributed by atoms with Gasteiger partial charge in [0.15, 0.2) is 11.5 Å². The molecule has 1 aromatic heterocycles. The number of hydrogen-bond donors (Lipinski definition) is 2. The van der Waals surface area contributed by atoms with Crippen molar-refractivity contribution < 1.29 is 14.4 Å². The maximum Gasteiger partial charge on any atom is 0.293 e. The van der Waals surface area contributed by atoms with Crippen LogP contribution in [0.25, 0.3) is 11.3 Å². The van der Waals surface area contributed by atoms with Crippen LogP contribution in [0.3, 0.4) is 0 Å². The van der Waals surface area contributed by atoms with Crippen molar-refractivity contribution in [1.29, 1.82) is 0 Å². The predicted octanol–water partition coefficient (Wildman–Crippen LogP) is 3.20. The number of hydrogen-bond acceptors (Lipinski definition) is 5. The molecule has 0 radical (unpaired) electrons. The normalized spacial score (nSPS) is 11.3. The summed E-state index contributed by atoms with van der Waals surface area (Å²) in [4.78, 5) is 12.1. The lowest BCUT2D eigenvalue weighted by molar-refractivity contribution is 0.0946. The third-order valence-corrected chi connectivity index (χ3v) is 3.39. The highest BCUT2D eigenvalue weighted by molar-refractivity contribution is 6.00. The number of hydrazone groups is 1. The number of nitrogens with zero attached hydrogens (tertiary/aromatic N) is 2. The van der Waals surface area contributed by atoms with Gasteiger partial charge in [0.2, 0.25) is 0 Å². The molecule has 120 valence electrons. The summed E-state index contributed by atoms with van der Waals surface area (Å²) in [5.41, 5.74) is 4.67. The smallest absolute Gasteiger partial charge is 0.293 e. The molecule has 0 saturated heterocycles. The molecule has 0 spiro atoms. The second-order valence-electron chi connectivity index (χ2n) is 5.13. The summed E-state index contributed by atoms with van der Waals surface area (Å²) in [6.45, 7) is 1.73. The summed E-state index contributed by atoms with van der Waals surface area (Å²) >= 11 is 0. The van der Waals surface area contributed by atoms with Crippen LogP contribution in [0.2, 0.25) is 0 Å². The Kier molecular flexibility index (Phi) is 4.38. The standard InChI is InChI=1S/C18H15N3O3/c1-12(14-8-5-9-15(22)10-14)19-20-18(23)16-11-17(24-21-16)13-6-3-2-4-7-13/h2-11,22H,1H3,(H,20,23). The largest absolute Gasteiger partial charge is 0.508 e. The van der Waals surface area contributed by atoms with E-state index < -0.39 is 5.91 Å². The molecule has 6 heteroatoms. The molecule has 3 aromatic rings. The van der Waals surface area contributed by atoms with E-state index in [4.69, 9.17) is 4.52 Å². The van der Waals surface area contributed by atoms with Crippen LogP contribution in [0.5, 0.6) is 5.75 Å². The minimum atomic E-state index is -0.472. The molecule has 2 aromatic carbocycles. The van der Waals surface area contributed by atoms with Crippen molar-refractivity contribution in [2.75, 3.05) is 0 Å². The quantitative estimate of drug-likeness (QED) is 0.570. The number of aromatic nitrogens is 1. The second-order valence-corrected chi connectivity index (χ2v) is 5.13. The molecule has 0 bridgehead atoms. The Morgan fingerprint density at radius 1 is 1.12 bits per heavy atom. The average Bonchev–Trinajstić information content (AvgIpc) is 3.10. The van der Waals surface area contributed by atoms with Gasteiger partial charge in [0.1, 0.15) is 5.75 Å². The Bertz CT molecular complexity index is 885. The first-order valence-electron chi connectivity index (χ1n) is 7.29. The number of benzene rings is 2. The molecule has 0 atom stereocenters. The van der Waals surface area contributed by atoms with E-state index in [0.29, 0.717) is 17.0 Å². The Balaban J connectivity index is 1.71. The van der Waals surface area contributed by atoms with Crippen LogP contribution >= 0.6 is 0 Å². The van der Waals surface area contributed by atoms with Crippen LogP contribution in [0.15, 0.2) is 70.3 Å². The van der Waals surface area contributed by atoms with E-state index in [1.54, 1.807) is 37.3 Å². The summed E-state index contributed by atoms with van der Waals surface area (Å²) in [7, 11) is 0. The lowest BCUT2D eigenvalue weighted by Gasteiger charge is -2.01. The fourth-order valence-electron chi connectivity index (χ4n) is 2.11. The van der Waals surface area contributed by atoms with E-state index in [1.807, 2.05) is 30.3 Å². The van der Waals surface area contributed by atoms with Crippen LogP contribution in [-0.4, -0.2) is 21.9 Å². The molecule has 0 unspecified atom stereocenters. The molecule has 0 fully saturated rings. The molecule has 0 aliphatic carbocycles. The van der Waals surface area contributed by atoms with Gasteiger partial charge < -0.3 is 9.63 Å². The lowest BCUT2D eigenvalue weighted by atomic mass is 10.1. The van der Waals surface area contributed by atoms with Crippen LogP contribution < -0.4 is 5.43 Å². The van der Waals surface area contributed by atoms with E-state index in [9.17, 15) is 9.90 Å². The Hall–Kier alpha value is -3.41. The number of aromatic hydroxyl groups is 1. The molecule has 1 heterocycles. The van der Waals surface area contributed by atoms with Crippen molar-refractivity contribution in [2.45, 2.75) is 6.92 Å². The molecule has 6 nitrogen and oxygen atoms in total. The number of amides is 1. The van der Waals surface area contributed by atoms with Crippen molar-refractivity contribution in [3.63, 3.8) is 0 Å². The van der Waals surface area contributed by atoms with Gasteiger partial charge in [-0.1, -0.05) is 47.6 Å². The number of nitrogens with one attached hydrogen (secondary N) is 1. The van der Waals surface area contributed by atoms with E-state index in [-0.39, 0.29) is 11.4 Å². The van der Waals surface area contributed by atoms with Crippen LogP contribution in [0.4, 0.5) is 0 Å². The molecular weight excluding hydrogens is 306 g/mol. The third kappa shape index (κ3) is 3.49. The Morgan fingerprint density at radius 2 is 1.92 bits per heavy atom. The van der Waals surface area contributed by atoms with Crippen molar-refractivity contribution in [3.8, 4) is 17.1 Å². The molecule has 1 amide bonds. The van der Waals surface area contributed by atoms with Gasteiger partial charge in [0.05, 0.1) is 5.71 Å². The number of carbonyl (C=O) groups excluding carboxylic acids is 1. The van der Waals surface area contributed by atoms with Gasteiger partial charge in [-0.25, -0.2) is 5.43 Å². The first-order valence-corrected chi connectivity index (χ1v) is 7.29. The first-order chi connectivity index (χ1) is 11.6. The van der Waals surface area contributed by atoms with Crippen molar-refractivity contribution in [2.24, 2.45) is 5.10 Å². The zero-order chi connectivity index (χ0) is 16.9. The minimum absolute atomic E-state index is 0.136. The molecular formula is C18H15N3O3. The van der Waals surface area contributed by atoms with Crippen molar-refractivity contribution in [3.05, 3.63) is 71.9 Å². The topological polar surface area (TPSA) is 87.7 Å². The number of rotatable bonds is 4. The predicted molar refractivity (Wildman–Crippen MR) is 89.7 cm³/mol. The lowest BCUT2D eigenvalue weighted by Crippen LogP contribution is -2.19. The van der Waals surface area contributed by atoms with Gasteiger partial charge in [-0.15, -0.1) is 0 Å². The van der Waals surface area contributed by atoms with Crippen LogP contribution in [0, 0.1) is 0 Å². The Labute approximate surface area is 138 Å². The zero-order valence-corrected chi connectivity index (χ0v) is 12.9. The summed E-state index contributed by atoms with van der Waals surface area (Å²) in [5, 5.41) is 17.2. The highest BCUT2D eigenvalue weighted by Gasteiger charge is 2.13. The number of phenolic OH excluding ortho intramolecular Hbond substituents is 1. The average molecular weight is 321 g/mol. The van der Waals surface area contributed by atoms with Crippen LogP contribution in [-0.2, 0) is 0 Å². The Morgan fingerprint density at radius 3 is 2.67 bits per heavy atom. The minimum Gasteiger partial charge on any atom is -0.508 e. The number of phenols is 1. The van der Waals surface area contributed by atoms with E-state index in [2.05, 4.69) is 15.7 Å². The van der Waals surface area contributed by atoms with E-state index in [0.717, 1.165) is 5.56 Å². The maximum atomic E-state index is 12.1. The van der Waals surface area contributed by atoms with Crippen molar-refractivity contribution >= 4 is 11.6 Å². The fourth-order valence-corrected chi connectivity index (χ4v) is 2.11. The van der Waals surface area contributed by atoms with Gasteiger partial charge in [-0.3, -0.25) is 4.79 Å². The summed E-state index contributed by atoms with van der Waals surface area (Å²) in [5.74, 6) is 0.173. The summed E-state index contributed by atoms with van der Waals surface area (Å²) in [6, 6.07) is 17.6. The molecule has 0 aliphatic rings. The van der Waals surface area contributed by atoms with Gasteiger partial charge in [-0.05, 0) is 19.1 Å². The maximum absolute atomic E-state index is 12.1. The second kappa shape index (κ2) is 6.78. The van der Waals surface area contributed by atoms with Gasteiger partial charge in [-0.2, -0.15) is 5.10 Å². The molecule has 0 saturated carbocycles. The van der Waals surface area contributed by atoms with E-state index in [1.165, 1.54) is 0 Å². The SMILES string of the molecule is CC(=NNC(=O)c1cc(-c2ccccc2)on1)c1cccc(O)c1. The first kappa shape index (κ1) is 15.5. The zero-order valence-electron chi connectivity index (χ0n) is 12.9. The molecule has 3 rings (SSSR count). The molecule has 0 aliphatic heterocycles. The molecule has 24 heavy (non-hydrogen) atoms. The fraction of sp³-hybridized carbons (Fsp3) is 0.0556. The highest BCUT2D eigenvalue weighted by Crippen LogP contribution is 2.19. The summed E-state index contributed by atoms with van der Waals surface area (Å²) < 4.78 is 5.19. The molecule has 2 N–H and O–H groups in total. The summed E-state index contributed by atoms with van der Waals surface area (Å²) in [6.07, 6.45) is 0. The van der Waals surface area contributed by atoms with Crippen LogP contribution in [0.1, 0.15) is 23.0 Å².